The highest BCUT2D eigenvalue weighted by Gasteiger charge is 2.28. The number of aryl methyl sites for hydroxylation is 1. The van der Waals surface area contributed by atoms with Crippen LogP contribution in [0.25, 0.3) is 0 Å². The van der Waals surface area contributed by atoms with Gasteiger partial charge in [0, 0.05) is 0 Å². The van der Waals surface area contributed by atoms with Crippen LogP contribution in [-0.4, -0.2) is 21.0 Å². The van der Waals surface area contributed by atoms with Crippen molar-refractivity contribution in [2.45, 2.75) is 25.7 Å². The topological polar surface area (TPSA) is 72.3 Å². The lowest BCUT2D eigenvalue weighted by Crippen LogP contribution is -2.06. The minimum absolute atomic E-state index is 0.00523. The summed E-state index contributed by atoms with van der Waals surface area (Å²) in [6.07, 6.45) is 3.18. The molecule has 108 valence electrons. The zero-order valence-corrected chi connectivity index (χ0v) is 11.3. The van der Waals surface area contributed by atoms with Crippen molar-refractivity contribution >= 4 is 5.97 Å². The first-order chi connectivity index (χ1) is 10.1. The Bertz CT molecular complexity index is 714. The SMILES string of the molecule is Cc1ncc(Oc2cccc(C3CC3)c2F)c(C(=O)O)n1. The zero-order chi connectivity index (χ0) is 15.0. The lowest BCUT2D eigenvalue weighted by molar-refractivity contribution is 0.0686. The molecule has 21 heavy (non-hydrogen) atoms. The molecule has 5 nitrogen and oxygen atoms in total. The van der Waals surface area contributed by atoms with Crippen molar-refractivity contribution in [2.24, 2.45) is 0 Å². The molecule has 0 radical (unpaired) electrons. The maximum Gasteiger partial charge on any atom is 0.358 e. The Morgan fingerprint density at radius 2 is 2.14 bits per heavy atom. The number of aromatic carboxylic acids is 1. The molecular formula is C15H13FN2O3. The number of carboxylic acids is 1. The third kappa shape index (κ3) is 2.69. The highest BCUT2D eigenvalue weighted by atomic mass is 19.1. The molecule has 0 unspecified atom stereocenters. The number of ether oxygens (including phenoxy) is 1. The number of nitrogens with zero attached hydrogens (tertiary/aromatic N) is 2. The van der Waals surface area contributed by atoms with E-state index in [1.165, 1.54) is 12.3 Å². The van der Waals surface area contributed by atoms with Crippen molar-refractivity contribution in [3.63, 3.8) is 0 Å². The fourth-order valence-corrected chi connectivity index (χ4v) is 2.12. The van der Waals surface area contributed by atoms with E-state index < -0.39 is 11.8 Å². The number of aromatic nitrogens is 2. The van der Waals surface area contributed by atoms with Crippen molar-refractivity contribution in [1.29, 1.82) is 0 Å². The summed E-state index contributed by atoms with van der Waals surface area (Å²) in [7, 11) is 0. The fraction of sp³-hybridized carbons (Fsp3) is 0.267. The van der Waals surface area contributed by atoms with E-state index in [0.717, 1.165) is 12.8 Å². The van der Waals surface area contributed by atoms with Crippen LogP contribution in [0.3, 0.4) is 0 Å². The highest BCUT2D eigenvalue weighted by Crippen LogP contribution is 2.43. The quantitative estimate of drug-likeness (QED) is 0.934. The van der Waals surface area contributed by atoms with Gasteiger partial charge in [-0.15, -0.1) is 0 Å². The Morgan fingerprint density at radius 3 is 2.81 bits per heavy atom. The smallest absolute Gasteiger partial charge is 0.358 e. The van der Waals surface area contributed by atoms with Gasteiger partial charge in [-0.05, 0) is 37.3 Å². The molecule has 0 spiro atoms. The Balaban J connectivity index is 1.97. The molecule has 0 aliphatic heterocycles. The van der Waals surface area contributed by atoms with Gasteiger partial charge in [-0.25, -0.2) is 19.2 Å². The van der Waals surface area contributed by atoms with Crippen molar-refractivity contribution < 1.29 is 19.0 Å². The van der Waals surface area contributed by atoms with Gasteiger partial charge in [0.05, 0.1) is 6.20 Å². The average Bonchev–Trinajstić information content (AvgIpc) is 3.27. The number of hydrogen-bond donors (Lipinski definition) is 1. The first-order valence-corrected chi connectivity index (χ1v) is 6.59. The van der Waals surface area contributed by atoms with E-state index in [0.29, 0.717) is 11.4 Å². The minimum Gasteiger partial charge on any atom is -0.476 e. The van der Waals surface area contributed by atoms with Gasteiger partial charge in [-0.3, -0.25) is 0 Å². The molecule has 1 aromatic heterocycles. The van der Waals surface area contributed by atoms with E-state index in [2.05, 4.69) is 9.97 Å². The number of halogens is 1. The molecule has 1 aliphatic carbocycles. The van der Waals surface area contributed by atoms with Crippen molar-refractivity contribution in [3.8, 4) is 11.5 Å². The summed E-state index contributed by atoms with van der Waals surface area (Å²) >= 11 is 0. The Morgan fingerprint density at radius 1 is 1.38 bits per heavy atom. The van der Waals surface area contributed by atoms with Crippen LogP contribution in [0.5, 0.6) is 11.5 Å². The maximum atomic E-state index is 14.3. The van der Waals surface area contributed by atoms with E-state index in [4.69, 9.17) is 9.84 Å². The highest BCUT2D eigenvalue weighted by molar-refractivity contribution is 5.88. The standard InChI is InChI=1S/C15H13FN2O3/c1-8-17-7-12(14(18-8)15(19)20)21-11-4-2-3-10(13(11)16)9-5-6-9/h2-4,7,9H,5-6H2,1H3,(H,19,20). The van der Waals surface area contributed by atoms with Crippen LogP contribution in [-0.2, 0) is 0 Å². The van der Waals surface area contributed by atoms with Gasteiger partial charge in [-0.2, -0.15) is 0 Å². The van der Waals surface area contributed by atoms with E-state index >= 15 is 0 Å². The monoisotopic (exact) mass is 288 g/mol. The Hall–Kier alpha value is -2.50. The summed E-state index contributed by atoms with van der Waals surface area (Å²) < 4.78 is 19.7. The minimum atomic E-state index is -1.24. The summed E-state index contributed by atoms with van der Waals surface area (Å²) in [4.78, 5) is 18.9. The van der Waals surface area contributed by atoms with Gasteiger partial charge < -0.3 is 9.84 Å². The van der Waals surface area contributed by atoms with Gasteiger partial charge in [0.1, 0.15) is 5.82 Å². The van der Waals surface area contributed by atoms with Gasteiger partial charge in [0.15, 0.2) is 23.0 Å². The molecule has 1 fully saturated rings. The van der Waals surface area contributed by atoms with Crippen molar-refractivity contribution in [1.82, 2.24) is 9.97 Å². The summed E-state index contributed by atoms with van der Waals surface area (Å²) in [6.45, 7) is 1.57. The fourth-order valence-electron chi connectivity index (χ4n) is 2.12. The molecule has 1 heterocycles. The number of carboxylic acid groups (broad SMARTS) is 1. The van der Waals surface area contributed by atoms with E-state index in [1.807, 2.05) is 0 Å². The molecule has 1 saturated carbocycles. The molecule has 2 aromatic rings. The molecule has 1 aliphatic rings. The van der Waals surface area contributed by atoms with E-state index in [9.17, 15) is 9.18 Å². The molecule has 0 bridgehead atoms. The van der Waals surface area contributed by atoms with Crippen molar-refractivity contribution in [2.75, 3.05) is 0 Å². The zero-order valence-electron chi connectivity index (χ0n) is 11.3. The predicted octanol–water partition coefficient (Wildman–Crippen LogP) is 3.29. The summed E-state index contributed by atoms with van der Waals surface area (Å²) in [5.74, 6) is -1.21. The van der Waals surface area contributed by atoms with Gasteiger partial charge in [-0.1, -0.05) is 12.1 Å². The van der Waals surface area contributed by atoms with E-state index in [-0.39, 0.29) is 23.1 Å². The predicted molar refractivity (Wildman–Crippen MR) is 72.2 cm³/mol. The molecule has 0 saturated heterocycles. The van der Waals surface area contributed by atoms with Crippen LogP contribution in [0.4, 0.5) is 4.39 Å². The van der Waals surface area contributed by atoms with Crippen LogP contribution in [0.2, 0.25) is 0 Å². The van der Waals surface area contributed by atoms with Gasteiger partial charge in [0.25, 0.3) is 0 Å². The second-order valence-corrected chi connectivity index (χ2v) is 4.97. The largest absolute Gasteiger partial charge is 0.476 e. The van der Waals surface area contributed by atoms with Crippen LogP contribution >= 0.6 is 0 Å². The molecule has 1 aromatic carbocycles. The second kappa shape index (κ2) is 5.12. The Kier molecular flexibility index (Phi) is 3.29. The summed E-state index contributed by atoms with van der Waals surface area (Å²) in [5, 5.41) is 9.13. The van der Waals surface area contributed by atoms with Crippen molar-refractivity contribution in [3.05, 3.63) is 47.3 Å². The lowest BCUT2D eigenvalue weighted by atomic mass is 10.1. The summed E-state index contributed by atoms with van der Waals surface area (Å²) in [5.41, 5.74) is 0.330. The van der Waals surface area contributed by atoms with Gasteiger partial charge >= 0.3 is 5.97 Å². The van der Waals surface area contributed by atoms with Crippen LogP contribution < -0.4 is 4.74 Å². The normalized spacial score (nSPS) is 14.0. The summed E-state index contributed by atoms with van der Waals surface area (Å²) in [6, 6.07) is 4.89. The third-order valence-corrected chi connectivity index (χ3v) is 3.31. The molecule has 0 amide bonds. The third-order valence-electron chi connectivity index (χ3n) is 3.31. The molecule has 1 N–H and O–H groups in total. The number of rotatable bonds is 4. The average molecular weight is 288 g/mol. The second-order valence-electron chi connectivity index (χ2n) is 4.97. The van der Waals surface area contributed by atoms with E-state index in [1.54, 1.807) is 19.1 Å². The van der Waals surface area contributed by atoms with Crippen LogP contribution in [0, 0.1) is 12.7 Å². The molecule has 6 heteroatoms. The van der Waals surface area contributed by atoms with Crippen LogP contribution in [0.15, 0.2) is 24.4 Å². The number of benzene rings is 1. The van der Waals surface area contributed by atoms with Crippen LogP contribution in [0.1, 0.15) is 40.6 Å². The maximum absolute atomic E-state index is 14.3. The molecular weight excluding hydrogens is 275 g/mol. The first-order valence-electron chi connectivity index (χ1n) is 6.59. The lowest BCUT2D eigenvalue weighted by Gasteiger charge is -2.11. The first kappa shape index (κ1) is 13.5. The number of carbonyl (C=O) groups is 1. The molecule has 0 atom stereocenters. The Labute approximate surface area is 120 Å². The number of hydrogen-bond acceptors (Lipinski definition) is 4. The van der Waals surface area contributed by atoms with Gasteiger partial charge in [0.2, 0.25) is 0 Å². The molecule has 3 rings (SSSR count).